The van der Waals surface area contributed by atoms with Gasteiger partial charge < -0.3 is 9.84 Å². The van der Waals surface area contributed by atoms with E-state index in [0.717, 1.165) is 31.4 Å². The van der Waals surface area contributed by atoms with Crippen LogP contribution in [0.5, 0.6) is 0 Å². The van der Waals surface area contributed by atoms with Crippen molar-refractivity contribution < 1.29 is 14.6 Å². The minimum Gasteiger partial charge on any atom is -0.465 e. The molecule has 5 heteroatoms. The molecule has 23 heavy (non-hydrogen) atoms. The molecule has 0 bridgehead atoms. The molecule has 1 saturated heterocycles. The molecule has 0 amide bonds. The normalized spacial score (nSPS) is 20.2. The van der Waals surface area contributed by atoms with Crippen molar-refractivity contribution in [3.05, 3.63) is 35.9 Å². The summed E-state index contributed by atoms with van der Waals surface area (Å²) in [6.45, 7) is 4.48. The van der Waals surface area contributed by atoms with Gasteiger partial charge in [0.05, 0.1) is 13.2 Å². The quantitative estimate of drug-likeness (QED) is 0.712. The van der Waals surface area contributed by atoms with E-state index in [0.29, 0.717) is 19.7 Å². The summed E-state index contributed by atoms with van der Waals surface area (Å²) in [5.74, 6) is -0.217. The molecule has 1 aliphatic rings. The van der Waals surface area contributed by atoms with E-state index in [9.17, 15) is 9.90 Å². The monoisotopic (exact) mass is 320 g/mol. The van der Waals surface area contributed by atoms with Gasteiger partial charge in [-0.25, -0.2) is 0 Å². The zero-order valence-electron chi connectivity index (χ0n) is 13.9. The fourth-order valence-electron chi connectivity index (χ4n) is 3.04. The molecule has 0 radical (unpaired) electrons. The maximum absolute atomic E-state index is 12.3. The summed E-state index contributed by atoms with van der Waals surface area (Å²) >= 11 is 0. The van der Waals surface area contributed by atoms with Crippen molar-refractivity contribution in [3.63, 3.8) is 0 Å². The standard InChI is InChI=1S/C18H28N2O3/c1-2-23-18(22)17(19-12-15-8-4-3-5-9-15)13-20-11-7-6-10-16(20)14-21/h3-5,8-9,16-17,19,21H,2,6-7,10-14H2,1H3/t16-,17+/m1/s1. The van der Waals surface area contributed by atoms with Crippen LogP contribution in [-0.4, -0.2) is 54.4 Å². The molecule has 2 atom stereocenters. The van der Waals surface area contributed by atoms with Crippen molar-refractivity contribution in [1.82, 2.24) is 10.2 Å². The number of esters is 1. The van der Waals surface area contributed by atoms with Crippen LogP contribution < -0.4 is 5.32 Å². The van der Waals surface area contributed by atoms with Gasteiger partial charge in [-0.05, 0) is 31.9 Å². The second-order valence-corrected chi connectivity index (χ2v) is 6.00. The molecule has 128 valence electrons. The zero-order valence-corrected chi connectivity index (χ0v) is 13.9. The van der Waals surface area contributed by atoms with Crippen LogP contribution in [0, 0.1) is 0 Å². The summed E-state index contributed by atoms with van der Waals surface area (Å²) in [6, 6.07) is 9.80. The third-order valence-corrected chi connectivity index (χ3v) is 4.34. The Bertz CT molecular complexity index is 467. The van der Waals surface area contributed by atoms with Crippen LogP contribution in [0.1, 0.15) is 31.7 Å². The first-order chi connectivity index (χ1) is 11.2. The van der Waals surface area contributed by atoms with Gasteiger partial charge in [0, 0.05) is 19.1 Å². The van der Waals surface area contributed by atoms with Crippen molar-refractivity contribution in [3.8, 4) is 0 Å². The minimum absolute atomic E-state index is 0.147. The van der Waals surface area contributed by atoms with Crippen molar-refractivity contribution in [2.24, 2.45) is 0 Å². The number of aliphatic hydroxyl groups is 1. The van der Waals surface area contributed by atoms with E-state index in [2.05, 4.69) is 10.2 Å². The predicted molar refractivity (Wildman–Crippen MR) is 90.0 cm³/mol. The Hall–Kier alpha value is -1.43. The first kappa shape index (κ1) is 17.9. The molecule has 5 nitrogen and oxygen atoms in total. The number of hydrogen-bond donors (Lipinski definition) is 2. The van der Waals surface area contributed by atoms with Crippen molar-refractivity contribution in [1.29, 1.82) is 0 Å². The average Bonchev–Trinajstić information content (AvgIpc) is 2.60. The number of piperidine rings is 1. The Morgan fingerprint density at radius 2 is 2.17 bits per heavy atom. The maximum Gasteiger partial charge on any atom is 0.324 e. The molecule has 1 fully saturated rings. The fourth-order valence-corrected chi connectivity index (χ4v) is 3.04. The number of likely N-dealkylation sites (tertiary alicyclic amines) is 1. The lowest BCUT2D eigenvalue weighted by Crippen LogP contribution is -2.52. The summed E-state index contributed by atoms with van der Waals surface area (Å²) < 4.78 is 5.21. The van der Waals surface area contributed by atoms with Crippen LogP contribution >= 0.6 is 0 Å². The summed E-state index contributed by atoms with van der Waals surface area (Å²) in [4.78, 5) is 14.5. The third-order valence-electron chi connectivity index (χ3n) is 4.34. The van der Waals surface area contributed by atoms with Crippen molar-refractivity contribution in [2.75, 3.05) is 26.3 Å². The number of carbonyl (C=O) groups excluding carboxylic acids is 1. The number of nitrogens with zero attached hydrogens (tertiary/aromatic N) is 1. The largest absolute Gasteiger partial charge is 0.465 e. The highest BCUT2D eigenvalue weighted by Crippen LogP contribution is 2.17. The molecule has 0 saturated carbocycles. The van der Waals surface area contributed by atoms with E-state index >= 15 is 0 Å². The highest BCUT2D eigenvalue weighted by atomic mass is 16.5. The van der Waals surface area contributed by atoms with E-state index < -0.39 is 0 Å². The number of ether oxygens (including phenoxy) is 1. The lowest BCUT2D eigenvalue weighted by Gasteiger charge is -2.36. The Morgan fingerprint density at radius 1 is 1.39 bits per heavy atom. The first-order valence-corrected chi connectivity index (χ1v) is 8.53. The van der Waals surface area contributed by atoms with Gasteiger partial charge >= 0.3 is 5.97 Å². The van der Waals surface area contributed by atoms with Crippen LogP contribution in [0.4, 0.5) is 0 Å². The second kappa shape index (κ2) is 9.65. The van der Waals surface area contributed by atoms with Crippen LogP contribution in [0.25, 0.3) is 0 Å². The molecular formula is C18H28N2O3. The molecule has 0 aliphatic carbocycles. The predicted octanol–water partition coefficient (Wildman–Crippen LogP) is 1.55. The number of aliphatic hydroxyl groups excluding tert-OH is 1. The van der Waals surface area contributed by atoms with Crippen LogP contribution in [0.15, 0.2) is 30.3 Å². The van der Waals surface area contributed by atoms with Crippen LogP contribution in [0.3, 0.4) is 0 Å². The van der Waals surface area contributed by atoms with Gasteiger partial charge in [-0.3, -0.25) is 15.0 Å². The highest BCUT2D eigenvalue weighted by Gasteiger charge is 2.28. The summed E-state index contributed by atoms with van der Waals surface area (Å²) in [7, 11) is 0. The minimum atomic E-state index is -0.373. The fraction of sp³-hybridized carbons (Fsp3) is 0.611. The van der Waals surface area contributed by atoms with Gasteiger partial charge in [0.2, 0.25) is 0 Å². The zero-order chi connectivity index (χ0) is 16.5. The molecular weight excluding hydrogens is 292 g/mol. The number of benzene rings is 1. The topological polar surface area (TPSA) is 61.8 Å². The van der Waals surface area contributed by atoms with Crippen LogP contribution in [-0.2, 0) is 16.1 Å². The first-order valence-electron chi connectivity index (χ1n) is 8.53. The Kier molecular flexibility index (Phi) is 7.52. The summed E-state index contributed by atoms with van der Waals surface area (Å²) in [5.41, 5.74) is 1.14. The van der Waals surface area contributed by atoms with Crippen LogP contribution in [0.2, 0.25) is 0 Å². The van der Waals surface area contributed by atoms with Gasteiger partial charge in [-0.1, -0.05) is 36.8 Å². The van der Waals surface area contributed by atoms with E-state index in [1.54, 1.807) is 0 Å². The molecule has 1 aromatic rings. The third kappa shape index (κ3) is 5.61. The highest BCUT2D eigenvalue weighted by molar-refractivity contribution is 5.76. The lowest BCUT2D eigenvalue weighted by atomic mass is 10.0. The number of hydrogen-bond acceptors (Lipinski definition) is 5. The lowest BCUT2D eigenvalue weighted by molar-refractivity contribution is -0.146. The molecule has 2 N–H and O–H groups in total. The molecule has 1 heterocycles. The van der Waals surface area contributed by atoms with E-state index in [-0.39, 0.29) is 24.7 Å². The smallest absolute Gasteiger partial charge is 0.324 e. The van der Waals surface area contributed by atoms with E-state index in [4.69, 9.17) is 4.74 Å². The van der Waals surface area contributed by atoms with Crippen molar-refractivity contribution >= 4 is 5.97 Å². The van der Waals surface area contributed by atoms with E-state index in [1.807, 2.05) is 37.3 Å². The molecule has 0 spiro atoms. The second-order valence-electron chi connectivity index (χ2n) is 6.00. The van der Waals surface area contributed by atoms with Gasteiger partial charge in [-0.15, -0.1) is 0 Å². The van der Waals surface area contributed by atoms with Gasteiger partial charge in [0.1, 0.15) is 6.04 Å². The molecule has 1 aliphatic heterocycles. The maximum atomic E-state index is 12.3. The molecule has 1 aromatic carbocycles. The van der Waals surface area contributed by atoms with Gasteiger partial charge in [0.15, 0.2) is 0 Å². The Morgan fingerprint density at radius 3 is 2.87 bits per heavy atom. The molecule has 2 rings (SSSR count). The number of rotatable bonds is 8. The Labute approximate surface area is 138 Å². The van der Waals surface area contributed by atoms with Gasteiger partial charge in [0.25, 0.3) is 0 Å². The number of nitrogens with one attached hydrogen (secondary N) is 1. The summed E-state index contributed by atoms with van der Waals surface area (Å²) in [5, 5.41) is 12.9. The Balaban J connectivity index is 1.97. The average molecular weight is 320 g/mol. The molecule has 0 aromatic heterocycles. The molecule has 0 unspecified atom stereocenters. The van der Waals surface area contributed by atoms with E-state index in [1.165, 1.54) is 0 Å². The van der Waals surface area contributed by atoms with Gasteiger partial charge in [-0.2, -0.15) is 0 Å². The SMILES string of the molecule is CCOC(=O)[C@H](CN1CCCC[C@@H]1CO)NCc1ccccc1. The summed E-state index contributed by atoms with van der Waals surface area (Å²) in [6.07, 6.45) is 3.25. The number of carbonyl (C=O) groups is 1. The van der Waals surface area contributed by atoms with Crippen molar-refractivity contribution in [2.45, 2.75) is 44.8 Å².